The Labute approximate surface area is 130 Å². The fourth-order valence-electron chi connectivity index (χ4n) is 1.93. The van der Waals surface area contributed by atoms with Crippen LogP contribution >= 0.6 is 11.6 Å². The zero-order valence-corrected chi connectivity index (χ0v) is 12.7. The summed E-state index contributed by atoms with van der Waals surface area (Å²) in [6.07, 6.45) is 0.669. The SMILES string of the molecule is C=NC(=N/C(Cc1ccccc1)=C(\C)Cl)c1ccccc1. The molecule has 0 aliphatic rings. The average molecular weight is 297 g/mol. The molecule has 0 atom stereocenters. The Bertz CT molecular complexity index is 654. The second-order valence-electron chi connectivity index (χ2n) is 4.60. The summed E-state index contributed by atoms with van der Waals surface area (Å²) >= 11 is 6.19. The molecular formula is C18H17ClN2. The Hall–Kier alpha value is -2.19. The molecule has 2 rings (SSSR count). The van der Waals surface area contributed by atoms with Crippen LogP contribution in [0.1, 0.15) is 18.1 Å². The first-order chi connectivity index (χ1) is 10.2. The molecule has 2 nitrogen and oxygen atoms in total. The van der Waals surface area contributed by atoms with Crippen molar-refractivity contribution in [3.63, 3.8) is 0 Å². The molecule has 0 radical (unpaired) electrons. The summed E-state index contributed by atoms with van der Waals surface area (Å²) < 4.78 is 0. The van der Waals surface area contributed by atoms with Gasteiger partial charge in [0.25, 0.3) is 0 Å². The van der Waals surface area contributed by atoms with E-state index in [4.69, 9.17) is 11.6 Å². The highest BCUT2D eigenvalue weighted by molar-refractivity contribution is 6.29. The van der Waals surface area contributed by atoms with E-state index >= 15 is 0 Å². The summed E-state index contributed by atoms with van der Waals surface area (Å²) in [5, 5.41) is 0.663. The molecular weight excluding hydrogens is 280 g/mol. The summed E-state index contributed by atoms with van der Waals surface area (Å²) in [5.41, 5.74) is 2.89. The molecule has 3 heteroatoms. The maximum atomic E-state index is 6.19. The third-order valence-electron chi connectivity index (χ3n) is 3.03. The summed E-state index contributed by atoms with van der Waals surface area (Å²) in [5.74, 6) is 0.585. The molecule has 0 N–H and O–H groups in total. The second-order valence-corrected chi connectivity index (χ2v) is 5.17. The van der Waals surface area contributed by atoms with Gasteiger partial charge >= 0.3 is 0 Å². The number of halogens is 1. The molecule has 0 saturated carbocycles. The van der Waals surface area contributed by atoms with Crippen molar-refractivity contribution < 1.29 is 0 Å². The van der Waals surface area contributed by atoms with E-state index < -0.39 is 0 Å². The monoisotopic (exact) mass is 296 g/mol. The van der Waals surface area contributed by atoms with Crippen molar-refractivity contribution in [1.82, 2.24) is 0 Å². The van der Waals surface area contributed by atoms with E-state index in [1.807, 2.05) is 55.5 Å². The number of hydrogen-bond donors (Lipinski definition) is 0. The van der Waals surface area contributed by atoms with Gasteiger partial charge in [-0.1, -0.05) is 72.3 Å². The van der Waals surface area contributed by atoms with Gasteiger partial charge in [-0.05, 0) is 19.2 Å². The predicted molar refractivity (Wildman–Crippen MR) is 91.2 cm³/mol. The molecule has 0 heterocycles. The second kappa shape index (κ2) is 7.55. The fraction of sp³-hybridized carbons (Fsp3) is 0.111. The van der Waals surface area contributed by atoms with Crippen LogP contribution in [0, 0.1) is 0 Å². The highest BCUT2D eigenvalue weighted by Crippen LogP contribution is 2.18. The van der Waals surface area contributed by atoms with Gasteiger partial charge in [0.2, 0.25) is 0 Å². The Morgan fingerprint density at radius 2 is 1.57 bits per heavy atom. The first kappa shape index (κ1) is 15.2. The molecule has 21 heavy (non-hydrogen) atoms. The van der Waals surface area contributed by atoms with Crippen molar-refractivity contribution >= 4 is 24.2 Å². The maximum absolute atomic E-state index is 6.19. The zero-order valence-electron chi connectivity index (χ0n) is 12.0. The number of hydrogen-bond acceptors (Lipinski definition) is 1. The van der Waals surface area contributed by atoms with Crippen LogP contribution in [0.15, 0.2) is 81.4 Å². The van der Waals surface area contributed by atoms with Crippen LogP contribution in [0.3, 0.4) is 0 Å². The summed E-state index contributed by atoms with van der Waals surface area (Å²) in [6.45, 7) is 5.45. The van der Waals surface area contributed by atoms with E-state index in [-0.39, 0.29) is 0 Å². The fourth-order valence-corrected chi connectivity index (χ4v) is 2.04. The van der Waals surface area contributed by atoms with Gasteiger partial charge in [-0.2, -0.15) is 0 Å². The molecule has 2 aromatic rings. The van der Waals surface area contributed by atoms with Gasteiger partial charge < -0.3 is 0 Å². The highest BCUT2D eigenvalue weighted by Gasteiger charge is 2.06. The van der Waals surface area contributed by atoms with Crippen molar-refractivity contribution in [2.75, 3.05) is 0 Å². The minimum absolute atomic E-state index is 0.585. The summed E-state index contributed by atoms with van der Waals surface area (Å²) in [4.78, 5) is 8.62. The third-order valence-corrected chi connectivity index (χ3v) is 3.25. The van der Waals surface area contributed by atoms with Crippen LogP contribution in [-0.2, 0) is 6.42 Å². The van der Waals surface area contributed by atoms with E-state index in [2.05, 4.69) is 28.8 Å². The van der Waals surface area contributed by atoms with Crippen LogP contribution in [0.25, 0.3) is 0 Å². The number of allylic oxidation sites excluding steroid dienone is 2. The minimum atomic E-state index is 0.585. The quantitative estimate of drug-likeness (QED) is 0.569. The molecule has 2 aromatic carbocycles. The number of benzene rings is 2. The standard InChI is InChI=1S/C18H17ClN2/c1-14(19)17(13-15-9-5-3-6-10-15)21-18(20-2)16-11-7-4-8-12-16/h3-12H,2,13H2,1H3/b17-14+,21-18?. The lowest BCUT2D eigenvalue weighted by atomic mass is 10.1. The highest BCUT2D eigenvalue weighted by atomic mass is 35.5. The molecule has 0 spiro atoms. The first-order valence-electron chi connectivity index (χ1n) is 6.70. The summed E-state index contributed by atoms with van der Waals surface area (Å²) in [6, 6.07) is 19.9. The number of rotatable bonds is 4. The van der Waals surface area contributed by atoms with E-state index in [0.717, 1.165) is 16.8 Å². The Kier molecular flexibility index (Phi) is 5.47. The molecule has 0 bridgehead atoms. The molecule has 0 amide bonds. The van der Waals surface area contributed by atoms with Crippen LogP contribution < -0.4 is 0 Å². The molecule has 0 aromatic heterocycles. The molecule has 0 aliphatic heterocycles. The van der Waals surface area contributed by atoms with Gasteiger partial charge in [0.1, 0.15) is 0 Å². The van der Waals surface area contributed by atoms with Gasteiger partial charge in [0.15, 0.2) is 5.84 Å². The van der Waals surface area contributed by atoms with Crippen LogP contribution in [0.2, 0.25) is 0 Å². The topological polar surface area (TPSA) is 24.7 Å². The predicted octanol–water partition coefficient (Wildman–Crippen LogP) is 4.85. The lowest BCUT2D eigenvalue weighted by Gasteiger charge is -2.07. The molecule has 106 valence electrons. The smallest absolute Gasteiger partial charge is 0.158 e. The molecule has 0 saturated heterocycles. The average Bonchev–Trinajstić information content (AvgIpc) is 2.53. The normalized spacial score (nSPS) is 12.8. The van der Waals surface area contributed by atoms with Gasteiger partial charge in [0.05, 0.1) is 5.70 Å². The Morgan fingerprint density at radius 3 is 2.10 bits per heavy atom. The zero-order chi connectivity index (χ0) is 15.1. The van der Waals surface area contributed by atoms with Crippen molar-refractivity contribution in [3.8, 4) is 0 Å². The summed E-state index contributed by atoms with van der Waals surface area (Å²) in [7, 11) is 0. The van der Waals surface area contributed by atoms with Crippen LogP contribution in [0.5, 0.6) is 0 Å². The van der Waals surface area contributed by atoms with Crippen LogP contribution in [0.4, 0.5) is 0 Å². The lowest BCUT2D eigenvalue weighted by Crippen LogP contribution is -1.99. The molecule has 0 aliphatic carbocycles. The molecule has 0 fully saturated rings. The lowest BCUT2D eigenvalue weighted by molar-refractivity contribution is 1.09. The number of amidine groups is 1. The van der Waals surface area contributed by atoms with E-state index in [9.17, 15) is 0 Å². The Morgan fingerprint density at radius 1 is 1.00 bits per heavy atom. The van der Waals surface area contributed by atoms with Crippen LogP contribution in [-0.4, -0.2) is 12.6 Å². The third kappa shape index (κ3) is 4.40. The minimum Gasteiger partial charge on any atom is -0.245 e. The van der Waals surface area contributed by atoms with Crippen molar-refractivity contribution in [2.45, 2.75) is 13.3 Å². The Balaban J connectivity index is 2.33. The first-order valence-corrected chi connectivity index (χ1v) is 7.08. The van der Waals surface area contributed by atoms with Crippen molar-refractivity contribution in [1.29, 1.82) is 0 Å². The van der Waals surface area contributed by atoms with Crippen molar-refractivity contribution in [2.24, 2.45) is 9.98 Å². The van der Waals surface area contributed by atoms with Gasteiger partial charge in [-0.25, -0.2) is 9.98 Å². The van der Waals surface area contributed by atoms with E-state index in [1.54, 1.807) is 0 Å². The van der Waals surface area contributed by atoms with E-state index in [0.29, 0.717) is 17.3 Å². The van der Waals surface area contributed by atoms with Gasteiger partial charge in [-0.15, -0.1) is 0 Å². The van der Waals surface area contributed by atoms with Crippen molar-refractivity contribution in [3.05, 3.63) is 82.5 Å². The maximum Gasteiger partial charge on any atom is 0.158 e. The number of aliphatic imine (C=N–C) groups is 2. The van der Waals surface area contributed by atoms with Gasteiger partial charge in [-0.3, -0.25) is 0 Å². The molecule has 0 unspecified atom stereocenters. The largest absolute Gasteiger partial charge is 0.245 e. The van der Waals surface area contributed by atoms with E-state index in [1.165, 1.54) is 0 Å². The van der Waals surface area contributed by atoms with Gasteiger partial charge in [0, 0.05) is 17.0 Å². The number of nitrogens with zero attached hydrogens (tertiary/aromatic N) is 2.